The Balaban J connectivity index is 1.71. The zero-order valence-electron chi connectivity index (χ0n) is 12.4. The second-order valence-corrected chi connectivity index (χ2v) is 7.06. The molecule has 0 amide bonds. The van der Waals surface area contributed by atoms with E-state index in [1.165, 1.54) is 17.0 Å². The molecular formula is C15H24N2O2S. The molecule has 3 rings (SSSR count). The zero-order chi connectivity index (χ0) is 14.0. The Morgan fingerprint density at radius 3 is 3.25 bits per heavy atom. The van der Waals surface area contributed by atoms with E-state index in [1.807, 2.05) is 12.6 Å². The van der Waals surface area contributed by atoms with E-state index in [2.05, 4.69) is 16.8 Å². The van der Waals surface area contributed by atoms with Crippen LogP contribution < -0.4 is 0 Å². The molecule has 20 heavy (non-hydrogen) atoms. The standard InChI is InChI=1S/C15H24N2O2S/c1-12-13(20-11-16-12)8-17-6-4-14-15(9-17,10-18-2)5-3-7-19-14/h11,14H,3-10H2,1-2H3/t14-,15+/m1/s1. The number of likely N-dealkylation sites (tertiary alicyclic amines) is 1. The summed E-state index contributed by atoms with van der Waals surface area (Å²) < 4.78 is 11.6. The third kappa shape index (κ3) is 2.77. The molecule has 1 aromatic heterocycles. The lowest BCUT2D eigenvalue weighted by atomic mass is 9.73. The number of rotatable bonds is 4. The quantitative estimate of drug-likeness (QED) is 0.855. The van der Waals surface area contributed by atoms with E-state index in [4.69, 9.17) is 9.47 Å². The van der Waals surface area contributed by atoms with Crippen molar-refractivity contribution in [2.75, 3.05) is 33.4 Å². The predicted molar refractivity (Wildman–Crippen MR) is 80.0 cm³/mol. The second-order valence-electron chi connectivity index (χ2n) is 6.12. The van der Waals surface area contributed by atoms with Crippen molar-refractivity contribution < 1.29 is 9.47 Å². The van der Waals surface area contributed by atoms with Crippen molar-refractivity contribution in [1.82, 2.24) is 9.88 Å². The molecule has 0 N–H and O–H groups in total. The summed E-state index contributed by atoms with van der Waals surface area (Å²) in [6, 6.07) is 0. The number of methoxy groups -OCH3 is 1. The van der Waals surface area contributed by atoms with Crippen molar-refractivity contribution in [3.05, 3.63) is 16.1 Å². The number of aryl methyl sites for hydroxylation is 1. The third-order valence-corrected chi connectivity index (χ3v) is 5.63. The molecule has 0 aliphatic carbocycles. The first-order valence-corrected chi connectivity index (χ1v) is 8.33. The Kier molecular flexibility index (Phi) is 4.40. The second kappa shape index (κ2) is 6.10. The van der Waals surface area contributed by atoms with Gasteiger partial charge in [0.25, 0.3) is 0 Å². The summed E-state index contributed by atoms with van der Waals surface area (Å²) in [7, 11) is 1.81. The van der Waals surface area contributed by atoms with Crippen molar-refractivity contribution in [1.29, 1.82) is 0 Å². The van der Waals surface area contributed by atoms with Crippen LogP contribution in [0.25, 0.3) is 0 Å². The van der Waals surface area contributed by atoms with Crippen LogP contribution in [0.1, 0.15) is 29.8 Å². The number of fused-ring (bicyclic) bond motifs is 1. The monoisotopic (exact) mass is 296 g/mol. The molecule has 0 aromatic carbocycles. The smallest absolute Gasteiger partial charge is 0.0798 e. The van der Waals surface area contributed by atoms with Crippen molar-refractivity contribution in [2.45, 2.75) is 38.8 Å². The van der Waals surface area contributed by atoms with Gasteiger partial charge in [0.05, 0.1) is 23.9 Å². The van der Waals surface area contributed by atoms with E-state index < -0.39 is 0 Å². The molecule has 0 bridgehead atoms. The lowest BCUT2D eigenvalue weighted by molar-refractivity contribution is -0.149. The Morgan fingerprint density at radius 2 is 2.50 bits per heavy atom. The number of hydrogen-bond donors (Lipinski definition) is 0. The number of nitrogens with zero attached hydrogens (tertiary/aromatic N) is 2. The van der Waals surface area contributed by atoms with Gasteiger partial charge in [-0.1, -0.05) is 0 Å². The number of hydrogen-bond acceptors (Lipinski definition) is 5. The van der Waals surface area contributed by atoms with Crippen molar-refractivity contribution in [3.63, 3.8) is 0 Å². The van der Waals surface area contributed by atoms with Gasteiger partial charge in [0.15, 0.2) is 0 Å². The van der Waals surface area contributed by atoms with Crippen LogP contribution in [0.4, 0.5) is 0 Å². The summed E-state index contributed by atoms with van der Waals surface area (Å²) in [4.78, 5) is 8.32. The maximum absolute atomic E-state index is 6.03. The Labute approximate surface area is 125 Å². The van der Waals surface area contributed by atoms with Gasteiger partial charge >= 0.3 is 0 Å². The Hall–Kier alpha value is -0.490. The molecule has 3 heterocycles. The van der Waals surface area contributed by atoms with Crippen LogP contribution in [0.15, 0.2) is 5.51 Å². The summed E-state index contributed by atoms with van der Waals surface area (Å²) in [5.74, 6) is 0. The molecule has 4 nitrogen and oxygen atoms in total. The third-order valence-electron chi connectivity index (χ3n) is 4.71. The zero-order valence-corrected chi connectivity index (χ0v) is 13.2. The molecule has 0 spiro atoms. The molecule has 2 atom stereocenters. The summed E-state index contributed by atoms with van der Waals surface area (Å²) in [6.07, 6.45) is 3.90. The molecule has 2 fully saturated rings. The number of aromatic nitrogens is 1. The number of thiazole rings is 1. The van der Waals surface area contributed by atoms with Gasteiger partial charge in [-0.05, 0) is 26.2 Å². The van der Waals surface area contributed by atoms with Gasteiger partial charge in [0.2, 0.25) is 0 Å². The first kappa shape index (κ1) is 14.4. The van der Waals surface area contributed by atoms with Gasteiger partial charge in [0.1, 0.15) is 0 Å². The van der Waals surface area contributed by atoms with Gasteiger partial charge in [-0.3, -0.25) is 4.90 Å². The fourth-order valence-corrected chi connectivity index (χ4v) is 4.51. The molecule has 0 unspecified atom stereocenters. The molecule has 0 saturated carbocycles. The van der Waals surface area contributed by atoms with Crippen LogP contribution >= 0.6 is 11.3 Å². The minimum atomic E-state index is 0.198. The van der Waals surface area contributed by atoms with Crippen LogP contribution in [0.2, 0.25) is 0 Å². The van der Waals surface area contributed by atoms with Gasteiger partial charge in [-0.2, -0.15) is 0 Å². The minimum absolute atomic E-state index is 0.198. The summed E-state index contributed by atoms with van der Waals surface area (Å²) in [5, 5.41) is 0. The normalized spacial score (nSPS) is 31.2. The molecule has 5 heteroatoms. The van der Waals surface area contributed by atoms with Gasteiger partial charge in [-0.15, -0.1) is 11.3 Å². The molecule has 112 valence electrons. The molecule has 2 aliphatic heterocycles. The first-order chi connectivity index (χ1) is 9.73. The molecule has 2 saturated heterocycles. The SMILES string of the molecule is COC[C@@]12CCCO[C@@H]1CCN(Cc1scnc1C)C2. The van der Waals surface area contributed by atoms with Crippen molar-refractivity contribution in [3.8, 4) is 0 Å². The molecule has 2 aliphatic rings. The van der Waals surface area contributed by atoms with Gasteiger partial charge < -0.3 is 9.47 Å². The highest BCUT2D eigenvalue weighted by molar-refractivity contribution is 7.09. The van der Waals surface area contributed by atoms with E-state index >= 15 is 0 Å². The highest BCUT2D eigenvalue weighted by Gasteiger charge is 2.45. The lowest BCUT2D eigenvalue weighted by Gasteiger charge is -2.50. The van der Waals surface area contributed by atoms with E-state index in [1.54, 1.807) is 11.3 Å². The largest absolute Gasteiger partial charge is 0.384 e. The van der Waals surface area contributed by atoms with Crippen molar-refractivity contribution >= 4 is 11.3 Å². The van der Waals surface area contributed by atoms with Crippen molar-refractivity contribution in [2.24, 2.45) is 5.41 Å². The number of ether oxygens (including phenoxy) is 2. The van der Waals surface area contributed by atoms with E-state index in [0.717, 1.165) is 45.7 Å². The summed E-state index contributed by atoms with van der Waals surface area (Å²) in [5.41, 5.74) is 3.33. The maximum atomic E-state index is 6.03. The average Bonchev–Trinajstić information content (AvgIpc) is 2.84. The van der Waals surface area contributed by atoms with Gasteiger partial charge in [0, 0.05) is 43.6 Å². The fraction of sp³-hybridized carbons (Fsp3) is 0.800. The fourth-order valence-electron chi connectivity index (χ4n) is 3.70. The van der Waals surface area contributed by atoms with E-state index in [9.17, 15) is 0 Å². The van der Waals surface area contributed by atoms with Crippen LogP contribution in [-0.2, 0) is 16.0 Å². The van der Waals surface area contributed by atoms with Crippen LogP contribution in [0.5, 0.6) is 0 Å². The van der Waals surface area contributed by atoms with Crippen LogP contribution in [-0.4, -0.2) is 49.4 Å². The molecular weight excluding hydrogens is 272 g/mol. The van der Waals surface area contributed by atoms with Crippen LogP contribution in [0.3, 0.4) is 0 Å². The Morgan fingerprint density at radius 1 is 1.60 bits per heavy atom. The maximum Gasteiger partial charge on any atom is 0.0798 e. The highest BCUT2D eigenvalue weighted by Crippen LogP contribution is 2.40. The highest BCUT2D eigenvalue weighted by atomic mass is 32.1. The Bertz CT molecular complexity index is 447. The van der Waals surface area contributed by atoms with E-state index in [-0.39, 0.29) is 5.41 Å². The lowest BCUT2D eigenvalue weighted by Crippen LogP contribution is -2.56. The predicted octanol–water partition coefficient (Wildman–Crippen LogP) is 2.47. The molecule has 0 radical (unpaired) electrons. The topological polar surface area (TPSA) is 34.6 Å². The van der Waals surface area contributed by atoms with Gasteiger partial charge in [-0.25, -0.2) is 4.98 Å². The summed E-state index contributed by atoms with van der Waals surface area (Å²) >= 11 is 1.77. The minimum Gasteiger partial charge on any atom is -0.384 e. The number of piperidine rings is 1. The van der Waals surface area contributed by atoms with E-state index in [0.29, 0.717) is 6.10 Å². The average molecular weight is 296 g/mol. The van der Waals surface area contributed by atoms with Crippen LogP contribution in [0, 0.1) is 12.3 Å². The first-order valence-electron chi connectivity index (χ1n) is 7.45. The molecule has 1 aromatic rings. The summed E-state index contributed by atoms with van der Waals surface area (Å²) in [6.45, 7) is 7.07.